The minimum Gasteiger partial charge on any atom is -0.312 e. The molecular weight excluding hydrogens is 220 g/mol. The van der Waals surface area contributed by atoms with Gasteiger partial charge in [-0.2, -0.15) is 0 Å². The number of benzene rings is 1. The van der Waals surface area contributed by atoms with Gasteiger partial charge in [0.15, 0.2) is 0 Å². The fourth-order valence-electron chi connectivity index (χ4n) is 3.59. The highest BCUT2D eigenvalue weighted by atomic mass is 15.2. The van der Waals surface area contributed by atoms with Gasteiger partial charge in [-0.1, -0.05) is 18.2 Å². The van der Waals surface area contributed by atoms with Gasteiger partial charge in [0.05, 0.1) is 0 Å². The second-order valence-electron chi connectivity index (χ2n) is 6.03. The SMILES string of the molecule is Cc1cccc(C)c1CN1CC2CCCNC2C1. The van der Waals surface area contributed by atoms with E-state index in [4.69, 9.17) is 0 Å². The Morgan fingerprint density at radius 2 is 2.00 bits per heavy atom. The molecule has 0 bridgehead atoms. The number of piperidine rings is 1. The van der Waals surface area contributed by atoms with E-state index in [1.807, 2.05) is 0 Å². The van der Waals surface area contributed by atoms with E-state index in [2.05, 4.69) is 42.3 Å². The first-order valence-electron chi connectivity index (χ1n) is 7.25. The number of hydrogen-bond acceptors (Lipinski definition) is 2. The second-order valence-corrected chi connectivity index (χ2v) is 6.03. The molecule has 2 fully saturated rings. The van der Waals surface area contributed by atoms with E-state index in [9.17, 15) is 0 Å². The van der Waals surface area contributed by atoms with Crippen molar-refractivity contribution in [3.05, 3.63) is 34.9 Å². The largest absolute Gasteiger partial charge is 0.312 e. The number of aryl methyl sites for hydroxylation is 2. The number of rotatable bonds is 2. The van der Waals surface area contributed by atoms with Crippen LogP contribution in [0.15, 0.2) is 18.2 Å². The van der Waals surface area contributed by atoms with E-state index < -0.39 is 0 Å². The molecule has 2 aliphatic heterocycles. The van der Waals surface area contributed by atoms with Gasteiger partial charge >= 0.3 is 0 Å². The van der Waals surface area contributed by atoms with Crippen LogP contribution in [-0.4, -0.2) is 30.6 Å². The summed E-state index contributed by atoms with van der Waals surface area (Å²) in [6.45, 7) is 9.35. The van der Waals surface area contributed by atoms with E-state index in [0.717, 1.165) is 18.5 Å². The summed E-state index contributed by atoms with van der Waals surface area (Å²) in [5.74, 6) is 0.892. The number of likely N-dealkylation sites (tertiary alicyclic amines) is 1. The van der Waals surface area contributed by atoms with Gasteiger partial charge < -0.3 is 5.32 Å². The minimum atomic E-state index is 0.753. The average molecular weight is 244 g/mol. The molecule has 2 nitrogen and oxygen atoms in total. The fourth-order valence-corrected chi connectivity index (χ4v) is 3.59. The normalized spacial score (nSPS) is 28.3. The van der Waals surface area contributed by atoms with Crippen LogP contribution in [0.4, 0.5) is 0 Å². The molecule has 0 amide bonds. The van der Waals surface area contributed by atoms with Crippen molar-refractivity contribution in [1.29, 1.82) is 0 Å². The lowest BCUT2D eigenvalue weighted by atomic mass is 9.94. The first kappa shape index (κ1) is 12.2. The molecule has 18 heavy (non-hydrogen) atoms. The summed E-state index contributed by atoms with van der Waals surface area (Å²) in [5, 5.41) is 3.68. The Kier molecular flexibility index (Phi) is 3.40. The summed E-state index contributed by atoms with van der Waals surface area (Å²) < 4.78 is 0. The molecule has 98 valence electrons. The van der Waals surface area contributed by atoms with Crippen LogP contribution in [0.25, 0.3) is 0 Å². The zero-order valence-corrected chi connectivity index (χ0v) is 11.6. The van der Waals surface area contributed by atoms with Crippen LogP contribution in [0.3, 0.4) is 0 Å². The Morgan fingerprint density at radius 3 is 2.72 bits per heavy atom. The van der Waals surface area contributed by atoms with Crippen molar-refractivity contribution >= 4 is 0 Å². The van der Waals surface area contributed by atoms with E-state index in [1.54, 1.807) is 0 Å². The van der Waals surface area contributed by atoms with Gasteiger partial charge in [0.25, 0.3) is 0 Å². The van der Waals surface area contributed by atoms with Crippen LogP contribution in [0.1, 0.15) is 29.5 Å². The van der Waals surface area contributed by atoms with Gasteiger partial charge in [-0.05, 0) is 55.8 Å². The van der Waals surface area contributed by atoms with E-state index in [0.29, 0.717) is 0 Å². The summed E-state index contributed by atoms with van der Waals surface area (Å²) in [5.41, 5.74) is 4.42. The van der Waals surface area contributed by atoms with Crippen molar-refractivity contribution in [2.45, 2.75) is 39.3 Å². The van der Waals surface area contributed by atoms with Gasteiger partial charge in [0.2, 0.25) is 0 Å². The molecule has 0 saturated carbocycles. The van der Waals surface area contributed by atoms with Crippen molar-refractivity contribution < 1.29 is 0 Å². The quantitative estimate of drug-likeness (QED) is 0.860. The number of nitrogens with one attached hydrogen (secondary N) is 1. The molecule has 0 aromatic heterocycles. The van der Waals surface area contributed by atoms with E-state index >= 15 is 0 Å². The van der Waals surface area contributed by atoms with Crippen LogP contribution in [0.2, 0.25) is 0 Å². The van der Waals surface area contributed by atoms with Crippen molar-refractivity contribution in [3.8, 4) is 0 Å². The van der Waals surface area contributed by atoms with Crippen LogP contribution in [0.5, 0.6) is 0 Å². The zero-order valence-electron chi connectivity index (χ0n) is 11.6. The number of hydrogen-bond donors (Lipinski definition) is 1. The van der Waals surface area contributed by atoms with Gasteiger partial charge in [-0.3, -0.25) is 4.90 Å². The number of fused-ring (bicyclic) bond motifs is 1. The topological polar surface area (TPSA) is 15.3 Å². The predicted molar refractivity (Wildman–Crippen MR) is 75.7 cm³/mol. The molecule has 1 N–H and O–H groups in total. The highest BCUT2D eigenvalue weighted by molar-refractivity contribution is 5.33. The third-order valence-corrected chi connectivity index (χ3v) is 4.70. The predicted octanol–water partition coefficient (Wildman–Crippen LogP) is 2.49. The summed E-state index contributed by atoms with van der Waals surface area (Å²) >= 11 is 0. The summed E-state index contributed by atoms with van der Waals surface area (Å²) in [7, 11) is 0. The minimum absolute atomic E-state index is 0.753. The zero-order chi connectivity index (χ0) is 12.5. The first-order chi connectivity index (χ1) is 8.74. The maximum atomic E-state index is 3.68. The molecule has 2 heteroatoms. The van der Waals surface area contributed by atoms with Crippen molar-refractivity contribution in [1.82, 2.24) is 10.2 Å². The Balaban J connectivity index is 1.70. The summed E-state index contributed by atoms with van der Waals surface area (Å²) in [6.07, 6.45) is 2.78. The molecule has 1 aromatic carbocycles. The Bertz CT molecular complexity index is 393. The summed E-state index contributed by atoms with van der Waals surface area (Å²) in [6, 6.07) is 7.40. The Morgan fingerprint density at radius 1 is 1.22 bits per heavy atom. The van der Waals surface area contributed by atoms with Crippen LogP contribution >= 0.6 is 0 Å². The van der Waals surface area contributed by atoms with E-state index in [1.165, 1.54) is 49.2 Å². The standard InChI is InChI=1S/C16H24N2/c1-12-5-3-6-13(2)15(12)10-18-9-14-7-4-8-17-16(14)11-18/h3,5-6,14,16-17H,4,7-11H2,1-2H3. The molecule has 2 unspecified atom stereocenters. The Hall–Kier alpha value is -0.860. The molecule has 0 aliphatic carbocycles. The summed E-state index contributed by atoms with van der Waals surface area (Å²) in [4.78, 5) is 2.64. The Labute approximate surface area is 110 Å². The lowest BCUT2D eigenvalue weighted by molar-refractivity contribution is 0.311. The van der Waals surface area contributed by atoms with Crippen LogP contribution in [-0.2, 0) is 6.54 Å². The van der Waals surface area contributed by atoms with Crippen LogP contribution < -0.4 is 5.32 Å². The highest BCUT2D eigenvalue weighted by Gasteiger charge is 2.34. The molecule has 1 aromatic rings. The molecule has 0 spiro atoms. The van der Waals surface area contributed by atoms with Gasteiger partial charge in [0.1, 0.15) is 0 Å². The van der Waals surface area contributed by atoms with Crippen molar-refractivity contribution in [2.24, 2.45) is 5.92 Å². The third-order valence-electron chi connectivity index (χ3n) is 4.70. The van der Waals surface area contributed by atoms with Crippen molar-refractivity contribution in [2.75, 3.05) is 19.6 Å². The molecule has 2 atom stereocenters. The smallest absolute Gasteiger partial charge is 0.0239 e. The molecule has 2 saturated heterocycles. The van der Waals surface area contributed by atoms with Crippen molar-refractivity contribution in [3.63, 3.8) is 0 Å². The first-order valence-corrected chi connectivity index (χ1v) is 7.25. The maximum Gasteiger partial charge on any atom is 0.0239 e. The monoisotopic (exact) mass is 244 g/mol. The van der Waals surface area contributed by atoms with Gasteiger partial charge in [0, 0.05) is 25.7 Å². The molecule has 2 aliphatic rings. The molecule has 2 heterocycles. The molecule has 3 rings (SSSR count). The molecule has 0 radical (unpaired) electrons. The third kappa shape index (κ3) is 2.32. The van der Waals surface area contributed by atoms with Gasteiger partial charge in [-0.15, -0.1) is 0 Å². The van der Waals surface area contributed by atoms with E-state index in [-0.39, 0.29) is 0 Å². The lowest BCUT2D eigenvalue weighted by Crippen LogP contribution is -2.40. The average Bonchev–Trinajstić information content (AvgIpc) is 2.76. The second kappa shape index (κ2) is 5.02. The number of nitrogens with zero attached hydrogens (tertiary/aromatic N) is 1. The lowest BCUT2D eigenvalue weighted by Gasteiger charge is -2.24. The highest BCUT2D eigenvalue weighted by Crippen LogP contribution is 2.27. The van der Waals surface area contributed by atoms with Gasteiger partial charge in [-0.25, -0.2) is 0 Å². The maximum absolute atomic E-state index is 3.68. The fraction of sp³-hybridized carbons (Fsp3) is 0.625. The van der Waals surface area contributed by atoms with Crippen LogP contribution in [0, 0.1) is 19.8 Å². The molecular formula is C16H24N2.